The van der Waals surface area contributed by atoms with Crippen molar-refractivity contribution in [1.82, 2.24) is 10.2 Å². The number of hydrogen-bond acceptors (Lipinski definition) is 3. The molecule has 1 unspecified atom stereocenters. The number of amides is 1. The molecular formula is C23H23F3N2O2. The predicted molar refractivity (Wildman–Crippen MR) is 105 cm³/mol. The van der Waals surface area contributed by atoms with E-state index in [0.717, 1.165) is 56.1 Å². The van der Waals surface area contributed by atoms with Crippen LogP contribution in [0.5, 0.6) is 0 Å². The lowest BCUT2D eigenvalue weighted by Gasteiger charge is -2.43. The molecule has 2 aromatic carbocycles. The molecule has 30 heavy (non-hydrogen) atoms. The van der Waals surface area contributed by atoms with Crippen LogP contribution in [-0.4, -0.2) is 36.7 Å². The fourth-order valence-corrected chi connectivity index (χ4v) is 5.03. The number of carbonyl (C=O) groups excluding carboxylic acids is 1. The van der Waals surface area contributed by atoms with E-state index < -0.39 is 23.5 Å². The Hall–Kier alpha value is -2.54. The lowest BCUT2D eigenvalue weighted by Crippen LogP contribution is -2.52. The molecule has 6 rings (SSSR count). The van der Waals surface area contributed by atoms with Gasteiger partial charge in [-0.1, -0.05) is 12.1 Å². The number of benzene rings is 2. The van der Waals surface area contributed by atoms with Gasteiger partial charge in [0.1, 0.15) is 6.10 Å². The molecule has 0 spiro atoms. The quantitative estimate of drug-likeness (QED) is 0.745. The highest BCUT2D eigenvalue weighted by molar-refractivity contribution is 5.70. The lowest BCUT2D eigenvalue weighted by molar-refractivity contribution is -0.0339. The van der Waals surface area contributed by atoms with Crippen LogP contribution in [0.3, 0.4) is 0 Å². The topological polar surface area (TPSA) is 41.6 Å². The van der Waals surface area contributed by atoms with E-state index in [9.17, 15) is 18.0 Å². The molecule has 1 N–H and O–H groups in total. The van der Waals surface area contributed by atoms with E-state index in [1.165, 1.54) is 6.07 Å². The van der Waals surface area contributed by atoms with Crippen LogP contribution >= 0.6 is 0 Å². The number of rotatable bonds is 3. The van der Waals surface area contributed by atoms with Crippen LogP contribution in [0.4, 0.5) is 18.0 Å². The first kappa shape index (κ1) is 19.4. The van der Waals surface area contributed by atoms with Crippen molar-refractivity contribution in [3.63, 3.8) is 0 Å². The molecule has 3 saturated heterocycles. The third kappa shape index (κ3) is 3.45. The van der Waals surface area contributed by atoms with E-state index in [4.69, 9.17) is 4.74 Å². The zero-order valence-corrected chi connectivity index (χ0v) is 16.5. The Labute approximate surface area is 173 Å². The number of piperidine rings is 3. The lowest BCUT2D eigenvalue weighted by atomic mass is 9.86. The number of carbonyl (C=O) groups is 1. The zero-order valence-electron chi connectivity index (χ0n) is 16.5. The van der Waals surface area contributed by atoms with Crippen LogP contribution in [0.15, 0.2) is 30.3 Å². The molecule has 0 saturated carbocycles. The maximum Gasteiger partial charge on any atom is 0.407 e. The Morgan fingerprint density at radius 1 is 1.03 bits per heavy atom. The van der Waals surface area contributed by atoms with E-state index in [2.05, 4.69) is 10.2 Å². The third-order valence-electron chi connectivity index (χ3n) is 6.72. The molecule has 158 valence electrons. The highest BCUT2D eigenvalue weighted by Crippen LogP contribution is 2.36. The molecule has 2 bridgehead atoms. The van der Waals surface area contributed by atoms with Gasteiger partial charge in [0.15, 0.2) is 17.5 Å². The number of nitrogens with one attached hydrogen (secondary N) is 1. The molecular weight excluding hydrogens is 393 g/mol. The summed E-state index contributed by atoms with van der Waals surface area (Å²) in [5.41, 5.74) is 2.36. The molecule has 4 nitrogen and oxygen atoms in total. The Bertz CT molecular complexity index is 989. The maximum atomic E-state index is 14.2. The summed E-state index contributed by atoms with van der Waals surface area (Å²) in [5, 5.41) is 2.95. The number of alkyl carbamates (subject to hydrolysis) is 1. The smallest absolute Gasteiger partial charge is 0.407 e. The van der Waals surface area contributed by atoms with E-state index in [1.54, 1.807) is 12.1 Å². The van der Waals surface area contributed by atoms with Crippen molar-refractivity contribution in [3.8, 4) is 11.1 Å². The monoisotopic (exact) mass is 416 g/mol. The fourth-order valence-electron chi connectivity index (χ4n) is 5.03. The van der Waals surface area contributed by atoms with Gasteiger partial charge in [-0.2, -0.15) is 0 Å². The van der Waals surface area contributed by atoms with Crippen molar-refractivity contribution in [3.05, 3.63) is 58.9 Å². The normalized spacial score (nSPS) is 27.0. The standard InChI is InChI=1S/C23H23F3N2O2/c24-18-5-4-16(21(25)22(18)26)15-2-1-13-3-6-19(17(13)11-15)27-23(29)30-20-12-28-9-7-14(20)8-10-28/h1-2,4-5,11,14,19-20H,3,6-10,12H2,(H,27,29)/t19?,20-/m1/s1. The Morgan fingerprint density at radius 2 is 1.83 bits per heavy atom. The summed E-state index contributed by atoms with van der Waals surface area (Å²) in [5.74, 6) is -3.48. The second-order valence-electron chi connectivity index (χ2n) is 8.45. The number of ether oxygens (including phenoxy) is 1. The number of halogens is 3. The Morgan fingerprint density at radius 3 is 2.57 bits per heavy atom. The Kier molecular flexibility index (Phi) is 4.93. The van der Waals surface area contributed by atoms with Gasteiger partial charge < -0.3 is 10.1 Å². The minimum atomic E-state index is -1.48. The molecule has 1 aliphatic carbocycles. The fraction of sp³-hybridized carbons (Fsp3) is 0.435. The summed E-state index contributed by atoms with van der Waals surface area (Å²) >= 11 is 0. The number of hydrogen-bond donors (Lipinski definition) is 1. The molecule has 2 aromatic rings. The summed E-state index contributed by atoms with van der Waals surface area (Å²) in [6.07, 6.45) is 3.11. The van der Waals surface area contributed by atoms with Gasteiger partial charge >= 0.3 is 6.09 Å². The van der Waals surface area contributed by atoms with Gasteiger partial charge in [-0.25, -0.2) is 18.0 Å². The molecule has 1 amide bonds. The number of fused-ring (bicyclic) bond motifs is 4. The molecule has 3 fully saturated rings. The van der Waals surface area contributed by atoms with Crippen LogP contribution in [0.1, 0.15) is 36.4 Å². The van der Waals surface area contributed by atoms with Crippen molar-refractivity contribution in [2.45, 2.75) is 37.8 Å². The van der Waals surface area contributed by atoms with E-state index >= 15 is 0 Å². The van der Waals surface area contributed by atoms with Crippen molar-refractivity contribution in [2.75, 3.05) is 19.6 Å². The van der Waals surface area contributed by atoms with Crippen LogP contribution in [-0.2, 0) is 11.2 Å². The van der Waals surface area contributed by atoms with Crippen molar-refractivity contribution in [1.29, 1.82) is 0 Å². The SMILES string of the molecule is O=C(NC1CCc2ccc(-c3ccc(F)c(F)c3F)cc21)O[C@@H]1CN2CCC1CC2. The minimum Gasteiger partial charge on any atom is -0.445 e. The summed E-state index contributed by atoms with van der Waals surface area (Å²) in [6.45, 7) is 2.94. The summed E-state index contributed by atoms with van der Waals surface area (Å²) < 4.78 is 46.9. The van der Waals surface area contributed by atoms with E-state index in [0.29, 0.717) is 17.9 Å². The average Bonchev–Trinajstić information content (AvgIpc) is 3.15. The summed E-state index contributed by atoms with van der Waals surface area (Å²) in [7, 11) is 0. The van der Waals surface area contributed by atoms with E-state index in [1.807, 2.05) is 6.07 Å². The second-order valence-corrected chi connectivity index (χ2v) is 8.45. The van der Waals surface area contributed by atoms with E-state index in [-0.39, 0.29) is 17.7 Å². The first-order valence-corrected chi connectivity index (χ1v) is 10.5. The summed E-state index contributed by atoms with van der Waals surface area (Å²) in [6, 6.07) is 7.20. The summed E-state index contributed by atoms with van der Waals surface area (Å²) in [4.78, 5) is 14.9. The van der Waals surface area contributed by atoms with Gasteiger partial charge in [0.2, 0.25) is 0 Å². The number of aryl methyl sites for hydroxylation is 1. The zero-order chi connectivity index (χ0) is 20.8. The average molecular weight is 416 g/mol. The Balaban J connectivity index is 1.32. The van der Waals surface area contributed by atoms with Gasteiger partial charge in [0.05, 0.1) is 6.04 Å². The highest BCUT2D eigenvalue weighted by Gasteiger charge is 2.37. The van der Waals surface area contributed by atoms with Crippen molar-refractivity contribution < 1.29 is 22.7 Å². The molecule has 3 aliphatic heterocycles. The third-order valence-corrected chi connectivity index (χ3v) is 6.72. The minimum absolute atomic E-state index is 0.00259. The first-order chi connectivity index (χ1) is 14.5. The highest BCUT2D eigenvalue weighted by atomic mass is 19.2. The van der Waals surface area contributed by atoms with Gasteiger partial charge in [0.25, 0.3) is 0 Å². The van der Waals surface area contributed by atoms with Gasteiger partial charge in [0, 0.05) is 12.1 Å². The van der Waals surface area contributed by atoms with Gasteiger partial charge in [-0.05, 0) is 79.6 Å². The second kappa shape index (κ2) is 7.61. The molecule has 0 radical (unpaired) electrons. The van der Waals surface area contributed by atoms with Gasteiger partial charge in [-0.3, -0.25) is 4.90 Å². The first-order valence-electron chi connectivity index (χ1n) is 10.5. The van der Waals surface area contributed by atoms with Crippen LogP contribution in [0, 0.1) is 23.4 Å². The molecule has 7 heteroatoms. The molecule has 4 aliphatic rings. The molecule has 2 atom stereocenters. The molecule has 3 heterocycles. The van der Waals surface area contributed by atoms with Crippen molar-refractivity contribution >= 4 is 6.09 Å². The maximum absolute atomic E-state index is 14.2. The van der Waals surface area contributed by atoms with Crippen LogP contribution < -0.4 is 5.32 Å². The molecule has 0 aromatic heterocycles. The number of nitrogens with zero attached hydrogens (tertiary/aromatic N) is 1. The van der Waals surface area contributed by atoms with Crippen molar-refractivity contribution in [2.24, 2.45) is 5.92 Å². The largest absolute Gasteiger partial charge is 0.445 e. The van der Waals surface area contributed by atoms with Crippen LogP contribution in [0.25, 0.3) is 11.1 Å². The predicted octanol–water partition coefficient (Wildman–Crippen LogP) is 4.58. The van der Waals surface area contributed by atoms with Gasteiger partial charge in [-0.15, -0.1) is 0 Å². The van der Waals surface area contributed by atoms with Crippen LogP contribution in [0.2, 0.25) is 0 Å².